The summed E-state index contributed by atoms with van der Waals surface area (Å²) in [6.07, 6.45) is 3.81. The Hall–Kier alpha value is -1.69. The lowest BCUT2D eigenvalue weighted by Gasteiger charge is -2.26. The Balaban J connectivity index is 1.66. The predicted octanol–water partition coefficient (Wildman–Crippen LogP) is 1.07. The van der Waals surface area contributed by atoms with Gasteiger partial charge in [0.25, 0.3) is 0 Å². The molecule has 5 heteroatoms. The van der Waals surface area contributed by atoms with Gasteiger partial charge in [-0.05, 0) is 11.1 Å². The molecule has 21 heavy (non-hydrogen) atoms. The number of ether oxygens (including phenoxy) is 2. The van der Waals surface area contributed by atoms with Crippen LogP contribution in [-0.4, -0.2) is 55.4 Å². The molecule has 1 N–H and O–H groups in total. The molecule has 0 unspecified atom stereocenters. The Morgan fingerprint density at radius 3 is 2.67 bits per heavy atom. The van der Waals surface area contributed by atoms with Crippen molar-refractivity contribution in [3.05, 3.63) is 41.5 Å². The first kappa shape index (κ1) is 15.7. The predicted molar refractivity (Wildman–Crippen MR) is 79.6 cm³/mol. The van der Waals surface area contributed by atoms with E-state index in [9.17, 15) is 4.79 Å². The van der Waals surface area contributed by atoms with Gasteiger partial charge in [0.15, 0.2) is 0 Å². The van der Waals surface area contributed by atoms with Gasteiger partial charge in [-0.25, -0.2) is 0 Å². The second kappa shape index (κ2) is 8.56. The van der Waals surface area contributed by atoms with E-state index in [2.05, 4.69) is 0 Å². The lowest BCUT2D eigenvalue weighted by Crippen LogP contribution is -2.42. The topological polar surface area (TPSA) is 59.0 Å². The van der Waals surface area contributed by atoms with Crippen molar-refractivity contribution in [2.75, 3.05) is 39.5 Å². The number of nitrogens with zero attached hydrogens (tertiary/aromatic N) is 1. The molecule has 0 aliphatic carbocycles. The molecule has 0 aromatic heterocycles. The third-order valence-electron chi connectivity index (χ3n) is 3.28. The van der Waals surface area contributed by atoms with Crippen LogP contribution >= 0.6 is 0 Å². The molecule has 1 saturated heterocycles. The number of carbonyl (C=O) groups excluding carboxylic acids is 1. The van der Waals surface area contributed by atoms with Crippen molar-refractivity contribution in [1.82, 2.24) is 4.90 Å². The Morgan fingerprint density at radius 1 is 1.29 bits per heavy atom. The monoisotopic (exact) mass is 291 g/mol. The van der Waals surface area contributed by atoms with Gasteiger partial charge in [0.05, 0.1) is 26.4 Å². The summed E-state index contributed by atoms with van der Waals surface area (Å²) in [4.78, 5) is 13.6. The minimum absolute atomic E-state index is 0.0130. The molecule has 0 spiro atoms. The zero-order valence-corrected chi connectivity index (χ0v) is 12.0. The first-order valence-electron chi connectivity index (χ1n) is 7.09. The molecule has 1 fully saturated rings. The molecule has 5 nitrogen and oxygen atoms in total. The van der Waals surface area contributed by atoms with Crippen molar-refractivity contribution in [3.63, 3.8) is 0 Å². The van der Waals surface area contributed by atoms with Gasteiger partial charge in [0.2, 0.25) is 5.91 Å². The molecule has 1 aliphatic heterocycles. The van der Waals surface area contributed by atoms with Crippen molar-refractivity contribution in [2.45, 2.75) is 6.61 Å². The van der Waals surface area contributed by atoms with Crippen LogP contribution in [0.5, 0.6) is 0 Å². The fourth-order valence-corrected chi connectivity index (χ4v) is 2.04. The summed E-state index contributed by atoms with van der Waals surface area (Å²) in [5, 5.41) is 8.95. The summed E-state index contributed by atoms with van der Waals surface area (Å²) in [5.41, 5.74) is 1.93. The van der Waals surface area contributed by atoms with Crippen LogP contribution in [0.25, 0.3) is 6.08 Å². The highest BCUT2D eigenvalue weighted by Crippen LogP contribution is 2.06. The number of aliphatic hydroxyl groups is 1. The number of aliphatic hydroxyl groups excluding tert-OH is 1. The number of hydrogen-bond acceptors (Lipinski definition) is 4. The molecule has 0 atom stereocenters. The third kappa shape index (κ3) is 5.30. The van der Waals surface area contributed by atoms with Gasteiger partial charge >= 0.3 is 0 Å². The van der Waals surface area contributed by atoms with E-state index in [1.54, 1.807) is 4.90 Å². The Morgan fingerprint density at radius 2 is 2.00 bits per heavy atom. The Bertz CT molecular complexity index is 464. The van der Waals surface area contributed by atoms with Gasteiger partial charge in [-0.1, -0.05) is 36.4 Å². The lowest BCUT2D eigenvalue weighted by atomic mass is 10.1. The molecule has 0 bridgehead atoms. The fraction of sp³-hybridized carbons (Fsp3) is 0.438. The number of amides is 1. The molecule has 2 rings (SSSR count). The Labute approximate surface area is 124 Å². The maximum atomic E-state index is 11.8. The van der Waals surface area contributed by atoms with E-state index in [1.165, 1.54) is 0 Å². The molecule has 0 radical (unpaired) electrons. The van der Waals surface area contributed by atoms with E-state index < -0.39 is 0 Å². The zero-order valence-electron chi connectivity index (χ0n) is 12.0. The quantitative estimate of drug-likeness (QED) is 0.797. The van der Waals surface area contributed by atoms with E-state index in [0.717, 1.165) is 11.1 Å². The first-order valence-corrected chi connectivity index (χ1v) is 7.09. The first-order chi connectivity index (χ1) is 10.3. The van der Waals surface area contributed by atoms with Gasteiger partial charge in [-0.2, -0.15) is 0 Å². The van der Waals surface area contributed by atoms with Crippen molar-refractivity contribution in [2.24, 2.45) is 0 Å². The lowest BCUT2D eigenvalue weighted by molar-refractivity contribution is -0.139. The molecule has 0 saturated carbocycles. The SMILES string of the molecule is O=C(COC/C=C/c1ccc(CO)cc1)N1CCOCC1. The van der Waals surface area contributed by atoms with Crippen LogP contribution in [0.3, 0.4) is 0 Å². The summed E-state index contributed by atoms with van der Waals surface area (Å²) in [6, 6.07) is 7.62. The minimum atomic E-state index is 0.0130. The maximum Gasteiger partial charge on any atom is 0.248 e. The summed E-state index contributed by atoms with van der Waals surface area (Å²) >= 11 is 0. The zero-order chi connectivity index (χ0) is 14.9. The Kier molecular flexibility index (Phi) is 6.40. The third-order valence-corrected chi connectivity index (χ3v) is 3.28. The van der Waals surface area contributed by atoms with E-state index in [4.69, 9.17) is 14.6 Å². The molecule has 1 heterocycles. The van der Waals surface area contributed by atoms with Crippen LogP contribution in [-0.2, 0) is 20.9 Å². The van der Waals surface area contributed by atoms with Gasteiger partial charge in [0, 0.05) is 13.1 Å². The van der Waals surface area contributed by atoms with E-state index >= 15 is 0 Å². The average molecular weight is 291 g/mol. The average Bonchev–Trinajstić information content (AvgIpc) is 2.55. The molecule has 1 aromatic rings. The molecule has 1 aromatic carbocycles. The van der Waals surface area contributed by atoms with Crippen LogP contribution in [0.4, 0.5) is 0 Å². The standard InChI is InChI=1S/C16H21NO4/c18-12-15-5-3-14(4-6-15)2-1-9-21-13-16(19)17-7-10-20-11-8-17/h1-6,18H,7-13H2/b2-1+. The highest BCUT2D eigenvalue weighted by molar-refractivity contribution is 5.77. The van der Waals surface area contributed by atoms with Crippen LogP contribution in [0, 0.1) is 0 Å². The number of benzene rings is 1. The smallest absolute Gasteiger partial charge is 0.248 e. The number of rotatable bonds is 6. The summed E-state index contributed by atoms with van der Waals surface area (Å²) < 4.78 is 10.6. The highest BCUT2D eigenvalue weighted by atomic mass is 16.5. The van der Waals surface area contributed by atoms with Gasteiger partial charge in [-0.3, -0.25) is 4.79 Å². The van der Waals surface area contributed by atoms with E-state index in [1.807, 2.05) is 36.4 Å². The van der Waals surface area contributed by atoms with Gasteiger partial charge in [-0.15, -0.1) is 0 Å². The van der Waals surface area contributed by atoms with Crippen molar-refractivity contribution in [1.29, 1.82) is 0 Å². The molecule has 1 amide bonds. The number of hydrogen-bond donors (Lipinski definition) is 1. The van der Waals surface area contributed by atoms with E-state index in [-0.39, 0.29) is 19.1 Å². The molecule has 1 aliphatic rings. The maximum absolute atomic E-state index is 11.8. The second-order valence-electron chi connectivity index (χ2n) is 4.81. The largest absolute Gasteiger partial charge is 0.392 e. The molecule has 114 valence electrons. The van der Waals surface area contributed by atoms with Gasteiger partial charge < -0.3 is 19.5 Å². The summed E-state index contributed by atoms with van der Waals surface area (Å²) in [5.74, 6) is 0.0130. The van der Waals surface area contributed by atoms with Crippen LogP contribution in [0.2, 0.25) is 0 Å². The van der Waals surface area contributed by atoms with Crippen molar-refractivity contribution in [3.8, 4) is 0 Å². The summed E-state index contributed by atoms with van der Waals surface area (Å²) in [6.45, 7) is 3.07. The minimum Gasteiger partial charge on any atom is -0.392 e. The van der Waals surface area contributed by atoms with Crippen molar-refractivity contribution >= 4 is 12.0 Å². The van der Waals surface area contributed by atoms with Crippen LogP contribution in [0.15, 0.2) is 30.3 Å². The van der Waals surface area contributed by atoms with Gasteiger partial charge in [0.1, 0.15) is 6.61 Å². The number of carbonyl (C=O) groups is 1. The normalized spacial score (nSPS) is 15.6. The summed E-state index contributed by atoms with van der Waals surface area (Å²) in [7, 11) is 0. The highest BCUT2D eigenvalue weighted by Gasteiger charge is 2.16. The molecular weight excluding hydrogens is 270 g/mol. The van der Waals surface area contributed by atoms with Crippen LogP contribution in [0.1, 0.15) is 11.1 Å². The number of morpholine rings is 1. The fourth-order valence-electron chi connectivity index (χ4n) is 2.04. The van der Waals surface area contributed by atoms with E-state index in [0.29, 0.717) is 32.9 Å². The van der Waals surface area contributed by atoms with Crippen molar-refractivity contribution < 1.29 is 19.4 Å². The molecular formula is C16H21NO4. The van der Waals surface area contributed by atoms with Crippen LogP contribution < -0.4 is 0 Å². The second-order valence-corrected chi connectivity index (χ2v) is 4.81.